The van der Waals surface area contributed by atoms with Crippen LogP contribution in [0.5, 0.6) is 0 Å². The molecule has 0 aromatic carbocycles. The van der Waals surface area contributed by atoms with Gasteiger partial charge in [-0.1, -0.05) is 12.8 Å². The summed E-state index contributed by atoms with van der Waals surface area (Å²) in [6.45, 7) is 0. The van der Waals surface area contributed by atoms with Crippen LogP contribution < -0.4 is 0 Å². The van der Waals surface area contributed by atoms with Crippen molar-refractivity contribution in [1.82, 2.24) is 0 Å². The minimum Gasteiger partial charge on any atom is -0.299 e. The second-order valence-corrected chi connectivity index (χ2v) is 3.67. The lowest BCUT2D eigenvalue weighted by Gasteiger charge is -2.04. The number of hydrogen-bond donors (Lipinski definition) is 0. The molecule has 2 atom stereocenters. The van der Waals surface area contributed by atoms with Gasteiger partial charge in [-0.25, -0.2) is 0 Å². The number of carbonyl (C=O) groups is 1. The third-order valence-corrected chi connectivity index (χ3v) is 2.83. The number of Topliss-reactive ketones (excluding diaryl/α,β-unsaturated/α-hetero) is 1. The monoisotopic (exact) mass is 138 g/mol. The van der Waals surface area contributed by atoms with E-state index in [1.165, 1.54) is 25.7 Å². The van der Waals surface area contributed by atoms with E-state index in [-0.39, 0.29) is 0 Å². The van der Waals surface area contributed by atoms with Gasteiger partial charge in [-0.2, -0.15) is 0 Å². The van der Waals surface area contributed by atoms with Crippen LogP contribution in [0.25, 0.3) is 0 Å². The molecule has 0 unspecified atom stereocenters. The van der Waals surface area contributed by atoms with Gasteiger partial charge in [0.05, 0.1) is 0 Å². The number of hydrogen-bond acceptors (Lipinski definition) is 1. The molecular formula is C9H14O. The number of fused-ring (bicyclic) bond motifs is 1. The summed E-state index contributed by atoms with van der Waals surface area (Å²) in [5.74, 6) is 1.89. The van der Waals surface area contributed by atoms with E-state index in [0.29, 0.717) is 11.7 Å². The molecule has 0 radical (unpaired) electrons. The number of ketones is 1. The normalized spacial score (nSPS) is 39.8. The predicted molar refractivity (Wildman–Crippen MR) is 39.7 cm³/mol. The van der Waals surface area contributed by atoms with Crippen molar-refractivity contribution in [1.29, 1.82) is 0 Å². The lowest BCUT2D eigenvalue weighted by atomic mass is 10.0. The maximum absolute atomic E-state index is 11.2. The molecule has 2 aliphatic carbocycles. The zero-order valence-electron chi connectivity index (χ0n) is 6.31. The second-order valence-electron chi connectivity index (χ2n) is 3.67. The molecule has 1 heteroatoms. The molecule has 0 aromatic rings. The van der Waals surface area contributed by atoms with Gasteiger partial charge in [0.1, 0.15) is 5.78 Å². The molecule has 0 saturated heterocycles. The maximum Gasteiger partial charge on any atom is 0.136 e. The van der Waals surface area contributed by atoms with Crippen molar-refractivity contribution in [2.24, 2.45) is 11.8 Å². The Balaban J connectivity index is 1.94. The van der Waals surface area contributed by atoms with Crippen LogP contribution in [-0.2, 0) is 4.79 Å². The summed E-state index contributed by atoms with van der Waals surface area (Å²) < 4.78 is 0. The third kappa shape index (κ3) is 1.09. The van der Waals surface area contributed by atoms with Crippen molar-refractivity contribution in [2.45, 2.75) is 38.5 Å². The van der Waals surface area contributed by atoms with Crippen molar-refractivity contribution >= 4 is 5.78 Å². The summed E-state index contributed by atoms with van der Waals surface area (Å²) in [6.07, 6.45) is 7.24. The Morgan fingerprint density at radius 3 is 3.00 bits per heavy atom. The molecule has 2 fully saturated rings. The molecule has 2 saturated carbocycles. The highest BCUT2D eigenvalue weighted by atomic mass is 16.1. The summed E-state index contributed by atoms with van der Waals surface area (Å²) in [5.41, 5.74) is 0. The van der Waals surface area contributed by atoms with Gasteiger partial charge < -0.3 is 0 Å². The van der Waals surface area contributed by atoms with Crippen molar-refractivity contribution in [3.8, 4) is 0 Å². The lowest BCUT2D eigenvalue weighted by molar-refractivity contribution is -0.120. The van der Waals surface area contributed by atoms with Gasteiger partial charge in [-0.15, -0.1) is 0 Å². The van der Waals surface area contributed by atoms with Crippen LogP contribution in [0.2, 0.25) is 0 Å². The van der Waals surface area contributed by atoms with E-state index in [0.717, 1.165) is 18.8 Å². The fraction of sp³-hybridized carbons (Fsp3) is 0.889. The van der Waals surface area contributed by atoms with Crippen molar-refractivity contribution < 1.29 is 4.79 Å². The van der Waals surface area contributed by atoms with Crippen molar-refractivity contribution in [3.63, 3.8) is 0 Å². The molecule has 0 heterocycles. The van der Waals surface area contributed by atoms with Crippen LogP contribution in [-0.4, -0.2) is 5.78 Å². The van der Waals surface area contributed by atoms with Crippen LogP contribution in [0.15, 0.2) is 0 Å². The minimum atomic E-state index is 0.514. The van der Waals surface area contributed by atoms with Gasteiger partial charge in [0, 0.05) is 12.3 Å². The standard InChI is InChI=1S/C9H14O/c10-9-5-3-1-2-4-7-6-8(7)9/h7-8H,1-6H2/t7-,8-/m0/s1. The Labute approximate surface area is 61.8 Å². The smallest absolute Gasteiger partial charge is 0.136 e. The molecule has 56 valence electrons. The molecule has 2 aliphatic rings. The highest BCUT2D eigenvalue weighted by Crippen LogP contribution is 2.45. The molecule has 0 spiro atoms. The Morgan fingerprint density at radius 2 is 2.10 bits per heavy atom. The summed E-state index contributed by atoms with van der Waals surface area (Å²) in [5, 5.41) is 0. The number of rotatable bonds is 0. The third-order valence-electron chi connectivity index (χ3n) is 2.83. The summed E-state index contributed by atoms with van der Waals surface area (Å²) in [6, 6.07) is 0. The van der Waals surface area contributed by atoms with Crippen LogP contribution in [0.3, 0.4) is 0 Å². The summed E-state index contributed by atoms with van der Waals surface area (Å²) in [4.78, 5) is 11.2. The van der Waals surface area contributed by atoms with E-state index in [1.54, 1.807) is 0 Å². The first-order valence-electron chi connectivity index (χ1n) is 4.40. The van der Waals surface area contributed by atoms with Crippen molar-refractivity contribution in [3.05, 3.63) is 0 Å². The highest BCUT2D eigenvalue weighted by molar-refractivity contribution is 5.83. The quantitative estimate of drug-likeness (QED) is 0.501. The Morgan fingerprint density at radius 1 is 1.20 bits per heavy atom. The molecule has 0 aromatic heterocycles. The molecular weight excluding hydrogens is 124 g/mol. The summed E-state index contributed by atoms with van der Waals surface area (Å²) in [7, 11) is 0. The minimum absolute atomic E-state index is 0.514. The average molecular weight is 138 g/mol. The first-order chi connectivity index (χ1) is 4.88. The fourth-order valence-electron chi connectivity index (χ4n) is 2.03. The number of carbonyl (C=O) groups excluding carboxylic acids is 1. The van der Waals surface area contributed by atoms with Gasteiger partial charge in [-0.3, -0.25) is 4.79 Å². The lowest BCUT2D eigenvalue weighted by Crippen LogP contribution is -2.04. The average Bonchev–Trinajstić information content (AvgIpc) is 2.62. The van der Waals surface area contributed by atoms with Gasteiger partial charge in [0.15, 0.2) is 0 Å². The van der Waals surface area contributed by atoms with E-state index in [2.05, 4.69) is 0 Å². The Bertz CT molecular complexity index is 151. The van der Waals surface area contributed by atoms with Gasteiger partial charge in [0.2, 0.25) is 0 Å². The Kier molecular flexibility index (Phi) is 1.51. The van der Waals surface area contributed by atoms with Crippen LogP contribution in [0.1, 0.15) is 38.5 Å². The van der Waals surface area contributed by atoms with E-state index in [4.69, 9.17) is 0 Å². The van der Waals surface area contributed by atoms with E-state index >= 15 is 0 Å². The second kappa shape index (κ2) is 2.37. The van der Waals surface area contributed by atoms with Gasteiger partial charge in [-0.05, 0) is 25.2 Å². The van der Waals surface area contributed by atoms with Crippen LogP contribution >= 0.6 is 0 Å². The molecule has 0 amide bonds. The topological polar surface area (TPSA) is 17.1 Å². The first kappa shape index (κ1) is 6.38. The zero-order valence-corrected chi connectivity index (χ0v) is 6.31. The molecule has 0 N–H and O–H groups in total. The molecule has 0 aliphatic heterocycles. The highest BCUT2D eigenvalue weighted by Gasteiger charge is 2.41. The predicted octanol–water partition coefficient (Wildman–Crippen LogP) is 2.16. The Hall–Kier alpha value is -0.330. The van der Waals surface area contributed by atoms with E-state index in [9.17, 15) is 4.79 Å². The summed E-state index contributed by atoms with van der Waals surface area (Å²) >= 11 is 0. The zero-order chi connectivity index (χ0) is 6.97. The van der Waals surface area contributed by atoms with E-state index < -0.39 is 0 Å². The maximum atomic E-state index is 11.2. The van der Waals surface area contributed by atoms with Gasteiger partial charge in [0.25, 0.3) is 0 Å². The molecule has 2 rings (SSSR count). The van der Waals surface area contributed by atoms with Crippen LogP contribution in [0, 0.1) is 11.8 Å². The first-order valence-corrected chi connectivity index (χ1v) is 4.40. The fourth-order valence-corrected chi connectivity index (χ4v) is 2.03. The molecule has 10 heavy (non-hydrogen) atoms. The SMILES string of the molecule is O=C1CCCCC[C@H]2C[C@H]12. The van der Waals surface area contributed by atoms with Crippen LogP contribution in [0.4, 0.5) is 0 Å². The molecule has 0 bridgehead atoms. The van der Waals surface area contributed by atoms with Gasteiger partial charge >= 0.3 is 0 Å². The van der Waals surface area contributed by atoms with E-state index in [1.807, 2.05) is 0 Å². The molecule has 1 nitrogen and oxygen atoms in total. The van der Waals surface area contributed by atoms with Crippen molar-refractivity contribution in [2.75, 3.05) is 0 Å². The largest absolute Gasteiger partial charge is 0.299 e.